The van der Waals surface area contributed by atoms with Gasteiger partial charge in [0.2, 0.25) is 0 Å². The van der Waals surface area contributed by atoms with Crippen molar-refractivity contribution in [2.75, 3.05) is 6.61 Å². The fourth-order valence-corrected chi connectivity index (χ4v) is 0.528. The third-order valence-electron chi connectivity index (χ3n) is 1.04. The molecule has 60 valence electrons. The highest BCUT2D eigenvalue weighted by Crippen LogP contribution is 1.88. The van der Waals surface area contributed by atoms with Gasteiger partial charge >= 0.3 is 6.09 Å². The van der Waals surface area contributed by atoms with Crippen molar-refractivity contribution < 1.29 is 14.7 Å². The molecule has 0 aromatic rings. The lowest BCUT2D eigenvalue weighted by atomic mass is 10.2. The predicted molar refractivity (Wildman–Crippen MR) is 35.4 cm³/mol. The predicted octanol–water partition coefficient (Wildman–Crippen LogP) is -0.0771. The second-order valence-corrected chi connectivity index (χ2v) is 2.01. The molecule has 0 saturated heterocycles. The lowest BCUT2D eigenvalue weighted by molar-refractivity contribution is 0.127. The van der Waals surface area contributed by atoms with Crippen LogP contribution in [0.3, 0.4) is 0 Å². The summed E-state index contributed by atoms with van der Waals surface area (Å²) in [5, 5.41) is 10.5. The van der Waals surface area contributed by atoms with Crippen LogP contribution < -0.4 is 11.2 Å². The molecule has 4 N–H and O–H groups in total. The van der Waals surface area contributed by atoms with Gasteiger partial charge in [0.15, 0.2) is 0 Å². The Morgan fingerprint density at radius 3 is 2.90 bits per heavy atom. The van der Waals surface area contributed by atoms with Gasteiger partial charge in [-0.05, 0) is 13.3 Å². The van der Waals surface area contributed by atoms with Crippen molar-refractivity contribution in [2.45, 2.75) is 19.4 Å². The van der Waals surface area contributed by atoms with E-state index in [4.69, 9.17) is 11.0 Å². The first-order valence-corrected chi connectivity index (χ1v) is 2.98. The standard InChI is InChI=1S/C5H12N2O3/c1-4(2-3-10-6)7-5(8)9/h4,7H,2-3,6H2,1H3,(H,8,9). The molecule has 0 radical (unpaired) electrons. The molecule has 0 aromatic carbocycles. The SMILES string of the molecule is CC(CCON)NC(=O)O. The van der Waals surface area contributed by atoms with Crippen LogP contribution in [-0.2, 0) is 4.84 Å². The Balaban J connectivity index is 3.25. The van der Waals surface area contributed by atoms with Crippen LogP contribution in [0.25, 0.3) is 0 Å². The molecule has 1 unspecified atom stereocenters. The number of carboxylic acid groups (broad SMARTS) is 1. The third-order valence-corrected chi connectivity index (χ3v) is 1.04. The van der Waals surface area contributed by atoms with Crippen molar-refractivity contribution in [1.29, 1.82) is 0 Å². The summed E-state index contributed by atoms with van der Waals surface area (Å²) in [6.07, 6.45) is -0.437. The zero-order valence-corrected chi connectivity index (χ0v) is 5.83. The van der Waals surface area contributed by atoms with Gasteiger partial charge in [0.05, 0.1) is 6.61 Å². The van der Waals surface area contributed by atoms with Gasteiger partial charge in [-0.15, -0.1) is 0 Å². The van der Waals surface area contributed by atoms with Gasteiger partial charge in [0, 0.05) is 6.04 Å². The minimum absolute atomic E-state index is 0.110. The van der Waals surface area contributed by atoms with E-state index in [1.807, 2.05) is 0 Å². The molecule has 0 aliphatic carbocycles. The van der Waals surface area contributed by atoms with Crippen molar-refractivity contribution in [1.82, 2.24) is 5.32 Å². The molecule has 5 nitrogen and oxygen atoms in total. The molecule has 0 heterocycles. The van der Waals surface area contributed by atoms with E-state index in [2.05, 4.69) is 10.2 Å². The van der Waals surface area contributed by atoms with Crippen LogP contribution in [0.1, 0.15) is 13.3 Å². The Kier molecular flexibility index (Phi) is 4.61. The van der Waals surface area contributed by atoms with Crippen LogP contribution in [-0.4, -0.2) is 23.8 Å². The Hall–Kier alpha value is -0.810. The van der Waals surface area contributed by atoms with E-state index in [9.17, 15) is 4.79 Å². The van der Waals surface area contributed by atoms with Crippen molar-refractivity contribution in [3.05, 3.63) is 0 Å². The van der Waals surface area contributed by atoms with Crippen LogP contribution in [0.5, 0.6) is 0 Å². The molecule has 1 atom stereocenters. The van der Waals surface area contributed by atoms with Crippen LogP contribution >= 0.6 is 0 Å². The van der Waals surface area contributed by atoms with Gasteiger partial charge in [0.25, 0.3) is 0 Å². The lowest BCUT2D eigenvalue weighted by Crippen LogP contribution is -2.32. The minimum Gasteiger partial charge on any atom is -0.465 e. The minimum atomic E-state index is -1.02. The van der Waals surface area contributed by atoms with E-state index in [-0.39, 0.29) is 6.04 Å². The molecule has 0 aliphatic heterocycles. The van der Waals surface area contributed by atoms with Crippen molar-refractivity contribution in [2.24, 2.45) is 5.90 Å². The number of carbonyl (C=O) groups is 1. The molecule has 0 aromatic heterocycles. The average molecular weight is 148 g/mol. The Bertz CT molecular complexity index is 107. The number of hydrogen-bond donors (Lipinski definition) is 3. The molecule has 0 aliphatic rings. The summed E-state index contributed by atoms with van der Waals surface area (Å²) in [4.78, 5) is 14.3. The maximum atomic E-state index is 9.99. The Morgan fingerprint density at radius 2 is 2.50 bits per heavy atom. The van der Waals surface area contributed by atoms with Crippen molar-refractivity contribution >= 4 is 6.09 Å². The molecule has 0 rings (SSSR count). The normalized spacial score (nSPS) is 12.6. The van der Waals surface area contributed by atoms with E-state index in [0.29, 0.717) is 13.0 Å². The number of amides is 1. The summed E-state index contributed by atoms with van der Waals surface area (Å²) in [5.41, 5.74) is 0. The first-order chi connectivity index (χ1) is 4.66. The number of hydrogen-bond acceptors (Lipinski definition) is 3. The molecule has 1 amide bonds. The molecular weight excluding hydrogens is 136 g/mol. The van der Waals surface area contributed by atoms with Gasteiger partial charge in [-0.3, -0.25) is 0 Å². The fraction of sp³-hybridized carbons (Fsp3) is 0.800. The maximum Gasteiger partial charge on any atom is 0.404 e. The van der Waals surface area contributed by atoms with Crippen LogP contribution in [0.2, 0.25) is 0 Å². The van der Waals surface area contributed by atoms with Gasteiger partial charge < -0.3 is 15.3 Å². The largest absolute Gasteiger partial charge is 0.465 e. The van der Waals surface area contributed by atoms with E-state index in [1.165, 1.54) is 0 Å². The molecule has 0 bridgehead atoms. The zero-order valence-electron chi connectivity index (χ0n) is 5.83. The smallest absolute Gasteiger partial charge is 0.404 e. The van der Waals surface area contributed by atoms with Crippen LogP contribution in [0, 0.1) is 0 Å². The topological polar surface area (TPSA) is 84.6 Å². The third kappa shape index (κ3) is 5.33. The van der Waals surface area contributed by atoms with E-state index >= 15 is 0 Å². The number of nitrogens with one attached hydrogen (secondary N) is 1. The molecular formula is C5H12N2O3. The summed E-state index contributed by atoms with van der Waals surface area (Å²) in [7, 11) is 0. The molecule has 10 heavy (non-hydrogen) atoms. The summed E-state index contributed by atoms with van der Waals surface area (Å²) >= 11 is 0. The number of nitrogens with two attached hydrogens (primary N) is 1. The summed E-state index contributed by atoms with van der Waals surface area (Å²) in [6.45, 7) is 2.11. The quantitative estimate of drug-likeness (QED) is 0.487. The zero-order chi connectivity index (χ0) is 7.98. The Labute approximate surface area is 59.1 Å². The summed E-state index contributed by atoms with van der Waals surface area (Å²) < 4.78 is 0. The molecule has 5 heteroatoms. The average Bonchev–Trinajstić information content (AvgIpc) is 1.82. The first-order valence-electron chi connectivity index (χ1n) is 2.98. The molecule has 0 spiro atoms. The second-order valence-electron chi connectivity index (χ2n) is 2.01. The monoisotopic (exact) mass is 148 g/mol. The summed E-state index contributed by atoms with van der Waals surface area (Å²) in [5.74, 6) is 4.73. The highest BCUT2D eigenvalue weighted by Gasteiger charge is 2.03. The van der Waals surface area contributed by atoms with Gasteiger partial charge in [0.1, 0.15) is 0 Å². The summed E-state index contributed by atoms with van der Waals surface area (Å²) in [6, 6.07) is -0.110. The van der Waals surface area contributed by atoms with Gasteiger partial charge in [-0.2, -0.15) is 0 Å². The van der Waals surface area contributed by atoms with E-state index in [0.717, 1.165) is 0 Å². The molecule has 0 fully saturated rings. The van der Waals surface area contributed by atoms with Crippen molar-refractivity contribution in [3.63, 3.8) is 0 Å². The second kappa shape index (κ2) is 5.01. The maximum absolute atomic E-state index is 9.99. The fourth-order valence-electron chi connectivity index (χ4n) is 0.528. The van der Waals surface area contributed by atoms with E-state index < -0.39 is 6.09 Å². The Morgan fingerprint density at radius 1 is 1.90 bits per heavy atom. The van der Waals surface area contributed by atoms with Crippen LogP contribution in [0.15, 0.2) is 0 Å². The molecule has 0 saturated carbocycles. The highest BCUT2D eigenvalue weighted by atomic mass is 16.6. The first kappa shape index (κ1) is 9.19. The van der Waals surface area contributed by atoms with Crippen LogP contribution in [0.4, 0.5) is 4.79 Å². The van der Waals surface area contributed by atoms with Gasteiger partial charge in [-0.1, -0.05) is 0 Å². The van der Waals surface area contributed by atoms with E-state index in [1.54, 1.807) is 6.92 Å². The number of rotatable bonds is 4. The van der Waals surface area contributed by atoms with Crippen molar-refractivity contribution in [3.8, 4) is 0 Å². The van der Waals surface area contributed by atoms with Gasteiger partial charge in [-0.25, -0.2) is 10.7 Å². The highest BCUT2D eigenvalue weighted by molar-refractivity contribution is 5.64. The lowest BCUT2D eigenvalue weighted by Gasteiger charge is -2.08.